The SMILES string of the molecule is Cc1n(C(C)C)cc(C(=O)O)[n+]1C. The van der Waals surface area contributed by atoms with Gasteiger partial charge in [0.2, 0.25) is 0 Å². The molecule has 72 valence electrons. The largest absolute Gasteiger partial charge is 0.475 e. The maximum absolute atomic E-state index is 10.8. The summed E-state index contributed by atoms with van der Waals surface area (Å²) in [5, 5.41) is 8.85. The van der Waals surface area contributed by atoms with E-state index in [2.05, 4.69) is 0 Å². The molecule has 0 unspecified atom stereocenters. The van der Waals surface area contributed by atoms with Gasteiger partial charge in [-0.05, 0) is 13.8 Å². The normalized spacial score (nSPS) is 10.8. The molecule has 0 aliphatic heterocycles. The number of carboxylic acids is 1. The van der Waals surface area contributed by atoms with E-state index in [1.54, 1.807) is 17.8 Å². The molecule has 13 heavy (non-hydrogen) atoms. The van der Waals surface area contributed by atoms with Crippen molar-refractivity contribution >= 4 is 5.97 Å². The van der Waals surface area contributed by atoms with Gasteiger partial charge < -0.3 is 5.11 Å². The highest BCUT2D eigenvalue weighted by molar-refractivity contribution is 5.83. The van der Waals surface area contributed by atoms with Crippen LogP contribution in [0, 0.1) is 6.92 Å². The fourth-order valence-electron chi connectivity index (χ4n) is 1.38. The van der Waals surface area contributed by atoms with Crippen LogP contribution >= 0.6 is 0 Å². The number of carbonyl (C=O) groups is 1. The van der Waals surface area contributed by atoms with E-state index < -0.39 is 5.97 Å². The lowest BCUT2D eigenvalue weighted by Crippen LogP contribution is -2.36. The fourth-order valence-corrected chi connectivity index (χ4v) is 1.38. The number of rotatable bonds is 2. The van der Waals surface area contributed by atoms with E-state index in [4.69, 9.17) is 5.11 Å². The van der Waals surface area contributed by atoms with Gasteiger partial charge in [0.1, 0.15) is 6.20 Å². The zero-order valence-corrected chi connectivity index (χ0v) is 8.40. The molecule has 1 aromatic rings. The van der Waals surface area contributed by atoms with Gasteiger partial charge in [0, 0.05) is 6.92 Å². The second kappa shape index (κ2) is 3.20. The van der Waals surface area contributed by atoms with Gasteiger partial charge in [0.05, 0.1) is 13.1 Å². The molecule has 1 heterocycles. The smallest absolute Gasteiger partial charge is 0.379 e. The van der Waals surface area contributed by atoms with E-state index in [1.807, 2.05) is 25.3 Å². The topological polar surface area (TPSA) is 46.1 Å². The third-order valence-electron chi connectivity index (χ3n) is 2.26. The molecule has 0 radical (unpaired) electrons. The van der Waals surface area contributed by atoms with Crippen molar-refractivity contribution in [3.8, 4) is 0 Å². The van der Waals surface area contributed by atoms with Crippen LogP contribution in [-0.2, 0) is 7.05 Å². The van der Waals surface area contributed by atoms with E-state index in [0.29, 0.717) is 11.7 Å². The molecule has 0 aliphatic carbocycles. The molecule has 0 spiro atoms. The van der Waals surface area contributed by atoms with Gasteiger partial charge in [-0.3, -0.25) is 0 Å². The van der Waals surface area contributed by atoms with Crippen molar-refractivity contribution in [2.45, 2.75) is 26.8 Å². The summed E-state index contributed by atoms with van der Waals surface area (Å²) in [4.78, 5) is 10.8. The number of carboxylic acid groups (broad SMARTS) is 1. The fraction of sp³-hybridized carbons (Fsp3) is 0.556. The molecule has 0 fully saturated rings. The number of hydrogen-bond donors (Lipinski definition) is 1. The minimum absolute atomic E-state index is 0.291. The van der Waals surface area contributed by atoms with Gasteiger partial charge in [0.25, 0.3) is 11.5 Å². The molecule has 0 aliphatic rings. The Morgan fingerprint density at radius 1 is 1.62 bits per heavy atom. The number of hydrogen-bond acceptors (Lipinski definition) is 1. The first kappa shape index (κ1) is 9.77. The Balaban J connectivity index is 3.28. The lowest BCUT2D eigenvalue weighted by Gasteiger charge is -2.00. The summed E-state index contributed by atoms with van der Waals surface area (Å²) < 4.78 is 3.63. The Morgan fingerprint density at radius 2 is 2.15 bits per heavy atom. The predicted octanol–water partition coefficient (Wildman–Crippen LogP) is 0.900. The van der Waals surface area contributed by atoms with Gasteiger partial charge >= 0.3 is 5.97 Å². The highest BCUT2D eigenvalue weighted by Crippen LogP contribution is 2.08. The Labute approximate surface area is 77.4 Å². The summed E-state index contributed by atoms with van der Waals surface area (Å²) >= 11 is 0. The van der Waals surface area contributed by atoms with Crippen molar-refractivity contribution in [1.29, 1.82) is 0 Å². The molecular formula is C9H15N2O2+. The zero-order chi connectivity index (χ0) is 10.2. The van der Waals surface area contributed by atoms with Crippen LogP contribution in [0.15, 0.2) is 6.20 Å². The van der Waals surface area contributed by atoms with Crippen LogP contribution in [0.5, 0.6) is 0 Å². The lowest BCUT2D eigenvalue weighted by atomic mass is 10.4. The van der Waals surface area contributed by atoms with Crippen LogP contribution in [-0.4, -0.2) is 15.6 Å². The van der Waals surface area contributed by atoms with Gasteiger partial charge in [-0.25, -0.2) is 13.9 Å². The Morgan fingerprint density at radius 3 is 2.38 bits per heavy atom. The lowest BCUT2D eigenvalue weighted by molar-refractivity contribution is -0.679. The molecular weight excluding hydrogens is 168 g/mol. The van der Waals surface area contributed by atoms with Crippen LogP contribution in [0.4, 0.5) is 0 Å². The van der Waals surface area contributed by atoms with Gasteiger partial charge in [-0.1, -0.05) is 0 Å². The summed E-state index contributed by atoms with van der Waals surface area (Å²) in [5.41, 5.74) is 0.325. The quantitative estimate of drug-likeness (QED) is 0.692. The standard InChI is InChI=1S/C9H14N2O2/c1-6(2)11-5-8(9(12)13)10(4)7(11)3/h5-6H,1-4H3/p+1. The first-order chi connectivity index (χ1) is 5.95. The van der Waals surface area contributed by atoms with Gasteiger partial charge in [0.15, 0.2) is 0 Å². The maximum Gasteiger partial charge on any atom is 0.379 e. The third kappa shape index (κ3) is 1.56. The molecule has 0 aromatic carbocycles. The molecule has 0 bridgehead atoms. The number of aromatic carboxylic acids is 1. The van der Waals surface area contributed by atoms with Crippen LogP contribution in [0.1, 0.15) is 36.2 Å². The Kier molecular flexibility index (Phi) is 2.40. The average molecular weight is 183 g/mol. The molecule has 1 aromatic heterocycles. The highest BCUT2D eigenvalue weighted by atomic mass is 16.4. The van der Waals surface area contributed by atoms with Crippen LogP contribution in [0.2, 0.25) is 0 Å². The van der Waals surface area contributed by atoms with Gasteiger partial charge in [-0.2, -0.15) is 0 Å². The predicted molar refractivity (Wildman–Crippen MR) is 47.7 cm³/mol. The van der Waals surface area contributed by atoms with Crippen molar-refractivity contribution in [3.05, 3.63) is 17.7 Å². The minimum Gasteiger partial charge on any atom is -0.475 e. The van der Waals surface area contributed by atoms with Crippen molar-refractivity contribution in [2.24, 2.45) is 7.05 Å². The van der Waals surface area contributed by atoms with E-state index in [9.17, 15) is 4.79 Å². The molecule has 4 nitrogen and oxygen atoms in total. The molecule has 1 rings (SSSR count). The Bertz CT molecular complexity index is 340. The van der Waals surface area contributed by atoms with Crippen molar-refractivity contribution in [2.75, 3.05) is 0 Å². The summed E-state index contributed by atoms with van der Waals surface area (Å²) in [6.45, 7) is 5.96. The van der Waals surface area contributed by atoms with Crippen molar-refractivity contribution in [3.63, 3.8) is 0 Å². The molecule has 0 atom stereocenters. The third-order valence-corrected chi connectivity index (χ3v) is 2.26. The summed E-state index contributed by atoms with van der Waals surface area (Å²) in [5.74, 6) is 0.0670. The molecule has 0 amide bonds. The second-order valence-electron chi connectivity index (χ2n) is 3.43. The van der Waals surface area contributed by atoms with Crippen molar-refractivity contribution < 1.29 is 14.5 Å². The molecule has 0 saturated heterocycles. The Hall–Kier alpha value is -1.32. The second-order valence-corrected chi connectivity index (χ2v) is 3.43. The van der Waals surface area contributed by atoms with E-state index in [1.165, 1.54) is 0 Å². The highest BCUT2D eigenvalue weighted by Gasteiger charge is 2.23. The zero-order valence-electron chi connectivity index (χ0n) is 8.40. The maximum atomic E-state index is 10.8. The monoisotopic (exact) mass is 183 g/mol. The summed E-state index contributed by atoms with van der Waals surface area (Å²) in [7, 11) is 1.76. The molecule has 1 N–H and O–H groups in total. The first-order valence-electron chi connectivity index (χ1n) is 4.26. The summed E-state index contributed by atoms with van der Waals surface area (Å²) in [6.07, 6.45) is 1.67. The van der Waals surface area contributed by atoms with E-state index in [-0.39, 0.29) is 0 Å². The van der Waals surface area contributed by atoms with Gasteiger partial charge in [-0.15, -0.1) is 0 Å². The molecule has 4 heteroatoms. The van der Waals surface area contributed by atoms with Crippen LogP contribution in [0.25, 0.3) is 0 Å². The van der Waals surface area contributed by atoms with Crippen molar-refractivity contribution in [1.82, 2.24) is 4.57 Å². The summed E-state index contributed by atoms with van der Waals surface area (Å²) in [6, 6.07) is 0.291. The van der Waals surface area contributed by atoms with E-state index >= 15 is 0 Å². The molecule has 0 saturated carbocycles. The number of aromatic nitrogens is 2. The minimum atomic E-state index is -0.884. The average Bonchev–Trinajstić information content (AvgIpc) is 2.29. The first-order valence-corrected chi connectivity index (χ1v) is 4.26. The number of imidazole rings is 1. The number of nitrogens with zero attached hydrogens (tertiary/aromatic N) is 2. The van der Waals surface area contributed by atoms with E-state index in [0.717, 1.165) is 5.82 Å². The van der Waals surface area contributed by atoms with Crippen LogP contribution < -0.4 is 4.57 Å². The van der Waals surface area contributed by atoms with Crippen LogP contribution in [0.3, 0.4) is 0 Å².